The van der Waals surface area contributed by atoms with Crippen LogP contribution >= 0.6 is 11.8 Å². The normalized spacial score (nSPS) is 19.2. The summed E-state index contributed by atoms with van der Waals surface area (Å²) in [5.74, 6) is 0.937. The Labute approximate surface area is 173 Å². The number of hydrogen-bond acceptors (Lipinski definition) is 5. The highest BCUT2D eigenvalue weighted by Crippen LogP contribution is 2.21. The van der Waals surface area contributed by atoms with Crippen LogP contribution in [0.15, 0.2) is 30.3 Å². The fourth-order valence-electron chi connectivity index (χ4n) is 3.09. The van der Waals surface area contributed by atoms with Gasteiger partial charge in [0, 0.05) is 31.9 Å². The highest BCUT2D eigenvalue weighted by atomic mass is 32.2. The Hall–Kier alpha value is -1.73. The van der Waals surface area contributed by atoms with E-state index in [4.69, 9.17) is 4.74 Å². The van der Waals surface area contributed by atoms with Gasteiger partial charge >= 0.3 is 6.09 Å². The largest absolute Gasteiger partial charge is 0.444 e. The number of thioether (sulfide) groups is 1. The number of carbonyl (C=O) groups is 2. The predicted molar refractivity (Wildman–Crippen MR) is 114 cm³/mol. The fraction of sp³-hybridized carbons (Fsp3) is 0.619. The minimum absolute atomic E-state index is 0.0569. The molecular formula is C21H33N3O3S. The van der Waals surface area contributed by atoms with E-state index in [0.717, 1.165) is 18.8 Å². The van der Waals surface area contributed by atoms with Crippen molar-refractivity contribution >= 4 is 23.8 Å². The molecule has 156 valence electrons. The molecule has 2 rings (SSSR count). The lowest BCUT2D eigenvalue weighted by molar-refractivity contribution is -0.134. The molecule has 28 heavy (non-hydrogen) atoms. The highest BCUT2D eigenvalue weighted by Gasteiger charge is 2.32. The Morgan fingerprint density at radius 2 is 1.93 bits per heavy atom. The lowest BCUT2D eigenvalue weighted by atomic mass is 10.1. The summed E-state index contributed by atoms with van der Waals surface area (Å²) in [6, 6.07) is 10.1. The number of carbonyl (C=O) groups excluding carboxylic acids is 2. The van der Waals surface area contributed by atoms with E-state index in [-0.39, 0.29) is 17.2 Å². The number of ether oxygens (including phenoxy) is 1. The van der Waals surface area contributed by atoms with Crippen LogP contribution in [0.2, 0.25) is 0 Å². The molecule has 1 aliphatic rings. The quantitative estimate of drug-likeness (QED) is 0.786. The van der Waals surface area contributed by atoms with Crippen molar-refractivity contribution in [3.05, 3.63) is 35.9 Å². The van der Waals surface area contributed by atoms with Crippen LogP contribution < -0.4 is 5.32 Å². The lowest BCUT2D eigenvalue weighted by Gasteiger charge is -2.41. The van der Waals surface area contributed by atoms with E-state index < -0.39 is 11.7 Å². The summed E-state index contributed by atoms with van der Waals surface area (Å²) in [6.07, 6.45) is -0.445. The Morgan fingerprint density at radius 1 is 1.25 bits per heavy atom. The van der Waals surface area contributed by atoms with Gasteiger partial charge in [-0.05, 0) is 40.3 Å². The lowest BCUT2D eigenvalue weighted by Crippen LogP contribution is -2.59. The second-order valence-electron chi connectivity index (χ2n) is 8.27. The summed E-state index contributed by atoms with van der Waals surface area (Å²) in [5.41, 5.74) is 0.680. The topological polar surface area (TPSA) is 61.9 Å². The highest BCUT2D eigenvalue weighted by molar-refractivity contribution is 7.99. The zero-order chi connectivity index (χ0) is 20.7. The maximum absolute atomic E-state index is 13.1. The minimum Gasteiger partial charge on any atom is -0.444 e. The Morgan fingerprint density at radius 3 is 2.57 bits per heavy atom. The van der Waals surface area contributed by atoms with Gasteiger partial charge in [0.25, 0.3) is 0 Å². The van der Waals surface area contributed by atoms with Gasteiger partial charge < -0.3 is 19.9 Å². The Bertz CT molecular complexity index is 648. The molecule has 0 aromatic heterocycles. The molecule has 0 bridgehead atoms. The van der Waals surface area contributed by atoms with Gasteiger partial charge in [-0.2, -0.15) is 0 Å². The summed E-state index contributed by atoms with van der Waals surface area (Å²) in [4.78, 5) is 29.2. The van der Waals surface area contributed by atoms with Crippen LogP contribution in [0.5, 0.6) is 0 Å². The van der Waals surface area contributed by atoms with E-state index in [0.29, 0.717) is 13.1 Å². The third-order valence-corrected chi connectivity index (χ3v) is 5.74. The maximum atomic E-state index is 13.1. The van der Waals surface area contributed by atoms with Crippen LogP contribution in [0.3, 0.4) is 0 Å². The summed E-state index contributed by atoms with van der Waals surface area (Å²) < 4.78 is 5.32. The molecule has 1 N–H and O–H groups in total. The van der Waals surface area contributed by atoms with E-state index in [9.17, 15) is 9.59 Å². The van der Waals surface area contributed by atoms with Gasteiger partial charge in [0.1, 0.15) is 5.60 Å². The third kappa shape index (κ3) is 7.36. The number of alkyl carbamates (subject to hydrolysis) is 1. The first kappa shape index (κ1) is 22.6. The van der Waals surface area contributed by atoms with Gasteiger partial charge in [0.2, 0.25) is 5.91 Å². The molecule has 6 nitrogen and oxygen atoms in total. The van der Waals surface area contributed by atoms with Crippen molar-refractivity contribution in [3.63, 3.8) is 0 Å². The number of amides is 2. The molecule has 2 amide bonds. The summed E-state index contributed by atoms with van der Waals surface area (Å²) in [6.45, 7) is 10.1. The van der Waals surface area contributed by atoms with Crippen molar-refractivity contribution < 1.29 is 14.3 Å². The summed E-state index contributed by atoms with van der Waals surface area (Å²) in [5, 5.41) is 2.69. The zero-order valence-corrected chi connectivity index (χ0v) is 18.4. The van der Waals surface area contributed by atoms with E-state index >= 15 is 0 Å². The van der Waals surface area contributed by atoms with E-state index in [1.807, 2.05) is 57.8 Å². The fourth-order valence-corrected chi connectivity index (χ4v) is 4.00. The first-order valence-corrected chi connectivity index (χ1v) is 10.8. The van der Waals surface area contributed by atoms with Crippen LogP contribution in [-0.2, 0) is 15.3 Å². The number of nitrogens with one attached hydrogen (secondary N) is 1. The molecule has 0 saturated carbocycles. The van der Waals surface area contributed by atoms with Gasteiger partial charge in [0.05, 0.1) is 11.3 Å². The molecule has 1 aliphatic heterocycles. The van der Waals surface area contributed by atoms with Crippen molar-refractivity contribution in [2.45, 2.75) is 50.3 Å². The average Bonchev–Trinajstić information content (AvgIpc) is 2.63. The zero-order valence-electron chi connectivity index (χ0n) is 17.6. The Balaban J connectivity index is 1.91. The van der Waals surface area contributed by atoms with Crippen molar-refractivity contribution in [2.24, 2.45) is 0 Å². The molecule has 1 fully saturated rings. The van der Waals surface area contributed by atoms with Crippen LogP contribution in [0.25, 0.3) is 0 Å². The first-order chi connectivity index (χ1) is 13.2. The van der Waals surface area contributed by atoms with Gasteiger partial charge in [0.15, 0.2) is 0 Å². The monoisotopic (exact) mass is 407 g/mol. The molecule has 1 aromatic rings. The van der Waals surface area contributed by atoms with E-state index in [1.54, 1.807) is 11.8 Å². The standard InChI is InChI=1S/C21H33N3O3S/c1-16(28-15-17-9-7-6-8-10-17)19(25)24-12-11-23(5)14-18(24)13-22-20(26)27-21(2,3)4/h6-10,16,18H,11-15H2,1-5H3,(H,22,26)/t16-,18-/m1/s1. The number of benzene rings is 1. The molecule has 1 heterocycles. The molecule has 2 atom stereocenters. The third-order valence-electron chi connectivity index (χ3n) is 4.54. The molecule has 0 aliphatic carbocycles. The van der Waals surface area contributed by atoms with Crippen molar-refractivity contribution in [1.82, 2.24) is 15.1 Å². The second-order valence-corrected chi connectivity index (χ2v) is 9.60. The molecule has 1 aromatic carbocycles. The number of likely N-dealkylation sites (N-methyl/N-ethyl adjacent to an activating group) is 1. The van der Waals surface area contributed by atoms with Gasteiger partial charge in [-0.25, -0.2) is 4.79 Å². The average molecular weight is 408 g/mol. The molecule has 0 spiro atoms. The van der Waals surface area contributed by atoms with E-state index in [1.165, 1.54) is 5.56 Å². The van der Waals surface area contributed by atoms with Crippen molar-refractivity contribution in [1.29, 1.82) is 0 Å². The molecule has 1 saturated heterocycles. The van der Waals surface area contributed by atoms with Crippen molar-refractivity contribution in [3.8, 4) is 0 Å². The summed E-state index contributed by atoms with van der Waals surface area (Å²) in [7, 11) is 2.04. The van der Waals surface area contributed by atoms with Gasteiger partial charge in [-0.15, -0.1) is 11.8 Å². The predicted octanol–water partition coefficient (Wildman–Crippen LogP) is 2.98. The molecule has 0 unspecified atom stereocenters. The Kier molecular flexibility index (Phi) is 8.19. The van der Waals surface area contributed by atoms with E-state index in [2.05, 4.69) is 22.3 Å². The SMILES string of the molecule is C[C@@H](SCc1ccccc1)C(=O)N1CCN(C)C[C@H]1CNC(=O)OC(C)(C)C. The number of rotatable bonds is 6. The van der Waals surface area contributed by atoms with Crippen LogP contribution in [-0.4, -0.2) is 71.9 Å². The van der Waals surface area contributed by atoms with Crippen molar-refractivity contribution in [2.75, 3.05) is 33.2 Å². The van der Waals surface area contributed by atoms with Crippen LogP contribution in [0.1, 0.15) is 33.3 Å². The number of piperazine rings is 1. The number of nitrogens with zero attached hydrogens (tertiary/aromatic N) is 2. The second kappa shape index (κ2) is 10.2. The molecule has 7 heteroatoms. The van der Waals surface area contributed by atoms with Gasteiger partial charge in [-0.1, -0.05) is 30.3 Å². The van der Waals surface area contributed by atoms with Gasteiger partial charge in [-0.3, -0.25) is 4.79 Å². The smallest absolute Gasteiger partial charge is 0.407 e. The minimum atomic E-state index is -0.536. The maximum Gasteiger partial charge on any atom is 0.407 e. The molecule has 0 radical (unpaired) electrons. The van der Waals surface area contributed by atoms with Crippen LogP contribution in [0, 0.1) is 0 Å². The summed E-state index contributed by atoms with van der Waals surface area (Å²) >= 11 is 1.65. The number of hydrogen-bond donors (Lipinski definition) is 1. The van der Waals surface area contributed by atoms with Crippen LogP contribution in [0.4, 0.5) is 4.79 Å². The molecular weight excluding hydrogens is 374 g/mol. The first-order valence-electron chi connectivity index (χ1n) is 9.77.